The van der Waals surface area contributed by atoms with Crippen molar-refractivity contribution in [1.82, 2.24) is 25.5 Å². The van der Waals surface area contributed by atoms with Crippen LogP contribution in [0.4, 0.5) is 20.4 Å². The monoisotopic (exact) mass is 354 g/mol. The summed E-state index contributed by atoms with van der Waals surface area (Å²) in [6.07, 6.45) is 4.16. The molecular weight excluding hydrogens is 338 g/mol. The second-order valence-electron chi connectivity index (χ2n) is 5.39. The van der Waals surface area contributed by atoms with Crippen LogP contribution in [0.15, 0.2) is 18.5 Å². The molecule has 3 N–H and O–H groups in total. The Morgan fingerprint density at radius 2 is 2.24 bits per heavy atom. The molecule has 25 heavy (non-hydrogen) atoms. The number of anilines is 2. The maximum atomic E-state index is 12.1. The van der Waals surface area contributed by atoms with Crippen LogP contribution in [0.25, 0.3) is 0 Å². The van der Waals surface area contributed by atoms with Crippen LogP contribution in [0.1, 0.15) is 12.8 Å². The molecule has 9 nitrogen and oxygen atoms in total. The standard InChI is InChI=1S/C14H16F2N6O3/c15-14(16)25-12-4-9(21-22-12)19-10-5-17-6-13(20-10)24-7-8-1-2-18-11(23)3-8/h4-6,8,14H,1-3,7H2,(H,18,23)(H2,19,20,21,22). The average molecular weight is 354 g/mol. The molecule has 0 aromatic carbocycles. The lowest BCUT2D eigenvalue weighted by molar-refractivity contribution is -0.123. The fourth-order valence-corrected chi connectivity index (χ4v) is 2.33. The molecular formula is C14H16F2N6O3. The van der Waals surface area contributed by atoms with Crippen molar-refractivity contribution in [2.75, 3.05) is 18.5 Å². The van der Waals surface area contributed by atoms with Crippen molar-refractivity contribution < 1.29 is 23.0 Å². The molecule has 3 heterocycles. The van der Waals surface area contributed by atoms with E-state index < -0.39 is 6.61 Å². The smallest absolute Gasteiger partial charge is 0.388 e. The average Bonchev–Trinajstić information content (AvgIpc) is 2.99. The number of rotatable bonds is 7. The van der Waals surface area contributed by atoms with Gasteiger partial charge in [0.2, 0.25) is 17.7 Å². The van der Waals surface area contributed by atoms with Gasteiger partial charge in [-0.05, 0) is 6.42 Å². The minimum absolute atomic E-state index is 0.0161. The summed E-state index contributed by atoms with van der Waals surface area (Å²) in [6.45, 7) is -1.94. The van der Waals surface area contributed by atoms with Crippen molar-refractivity contribution in [1.29, 1.82) is 0 Å². The molecule has 1 aliphatic rings. The maximum Gasteiger partial charge on any atom is 0.388 e. The zero-order chi connectivity index (χ0) is 17.6. The summed E-state index contributed by atoms with van der Waals surface area (Å²) >= 11 is 0. The Hall–Kier alpha value is -2.98. The number of amides is 1. The van der Waals surface area contributed by atoms with Gasteiger partial charge in [0, 0.05) is 24.9 Å². The molecule has 2 aromatic rings. The normalized spacial score (nSPS) is 17.2. The first-order valence-corrected chi connectivity index (χ1v) is 7.57. The Morgan fingerprint density at radius 1 is 1.36 bits per heavy atom. The summed E-state index contributed by atoms with van der Waals surface area (Å²) in [5.74, 6) is 0.849. The Bertz CT molecular complexity index is 726. The summed E-state index contributed by atoms with van der Waals surface area (Å²) in [5.41, 5.74) is 0. The van der Waals surface area contributed by atoms with Gasteiger partial charge < -0.3 is 20.1 Å². The van der Waals surface area contributed by atoms with E-state index in [1.165, 1.54) is 18.5 Å². The number of alkyl halides is 2. The van der Waals surface area contributed by atoms with Crippen LogP contribution in [0.2, 0.25) is 0 Å². The number of hydrogen-bond acceptors (Lipinski definition) is 7. The fraction of sp³-hybridized carbons (Fsp3) is 0.429. The molecule has 1 atom stereocenters. The molecule has 0 saturated carbocycles. The first kappa shape index (κ1) is 16.9. The number of nitrogens with zero attached hydrogens (tertiary/aromatic N) is 3. The third-order valence-corrected chi connectivity index (χ3v) is 3.46. The number of carbonyl (C=O) groups excluding carboxylic acids is 1. The third-order valence-electron chi connectivity index (χ3n) is 3.46. The highest BCUT2D eigenvalue weighted by Crippen LogP contribution is 2.20. The number of carbonyl (C=O) groups is 1. The Labute approximate surface area is 141 Å². The van der Waals surface area contributed by atoms with Gasteiger partial charge in [0.1, 0.15) is 5.82 Å². The molecule has 1 aliphatic heterocycles. The van der Waals surface area contributed by atoms with E-state index in [4.69, 9.17) is 4.74 Å². The highest BCUT2D eigenvalue weighted by molar-refractivity contribution is 5.76. The molecule has 2 aromatic heterocycles. The lowest BCUT2D eigenvalue weighted by Crippen LogP contribution is -2.35. The first-order chi connectivity index (χ1) is 12.1. The molecule has 11 heteroatoms. The van der Waals surface area contributed by atoms with Gasteiger partial charge in [-0.15, -0.1) is 5.10 Å². The zero-order valence-corrected chi connectivity index (χ0v) is 13.0. The second-order valence-corrected chi connectivity index (χ2v) is 5.39. The number of aromatic amines is 1. The van der Waals surface area contributed by atoms with Crippen LogP contribution in [0, 0.1) is 5.92 Å². The lowest BCUT2D eigenvalue weighted by atomic mass is 9.99. The van der Waals surface area contributed by atoms with Gasteiger partial charge in [0.05, 0.1) is 19.0 Å². The Kier molecular flexibility index (Phi) is 5.21. The maximum absolute atomic E-state index is 12.1. The zero-order valence-electron chi connectivity index (χ0n) is 13.0. The minimum atomic E-state index is -2.95. The van der Waals surface area contributed by atoms with Crippen LogP contribution >= 0.6 is 0 Å². The van der Waals surface area contributed by atoms with Gasteiger partial charge in [0.15, 0.2) is 5.82 Å². The van der Waals surface area contributed by atoms with E-state index >= 15 is 0 Å². The van der Waals surface area contributed by atoms with Crippen LogP contribution in [-0.4, -0.2) is 45.8 Å². The van der Waals surface area contributed by atoms with E-state index in [1.807, 2.05) is 0 Å². The van der Waals surface area contributed by atoms with E-state index in [2.05, 4.69) is 35.5 Å². The molecule has 1 unspecified atom stereocenters. The second kappa shape index (κ2) is 7.73. The van der Waals surface area contributed by atoms with Gasteiger partial charge in [-0.2, -0.15) is 13.8 Å². The van der Waals surface area contributed by atoms with Gasteiger partial charge in [-0.3, -0.25) is 14.9 Å². The predicted octanol–water partition coefficient (Wildman–Crippen LogP) is 1.45. The molecule has 3 rings (SSSR count). The van der Waals surface area contributed by atoms with Crippen molar-refractivity contribution in [2.24, 2.45) is 5.92 Å². The van der Waals surface area contributed by atoms with E-state index in [0.717, 1.165) is 6.42 Å². The van der Waals surface area contributed by atoms with Crippen LogP contribution in [0.3, 0.4) is 0 Å². The third kappa shape index (κ3) is 4.99. The summed E-state index contributed by atoms with van der Waals surface area (Å²) < 4.78 is 34.0. The van der Waals surface area contributed by atoms with Crippen LogP contribution in [0.5, 0.6) is 11.8 Å². The summed E-state index contributed by atoms with van der Waals surface area (Å²) in [4.78, 5) is 19.5. The molecule has 1 saturated heterocycles. The highest BCUT2D eigenvalue weighted by atomic mass is 19.3. The number of halogens is 2. The summed E-state index contributed by atoms with van der Waals surface area (Å²) in [7, 11) is 0. The molecule has 0 radical (unpaired) electrons. The summed E-state index contributed by atoms with van der Waals surface area (Å²) in [6, 6.07) is 1.27. The van der Waals surface area contributed by atoms with Crippen LogP contribution in [-0.2, 0) is 4.79 Å². The van der Waals surface area contributed by atoms with E-state index in [0.29, 0.717) is 37.1 Å². The van der Waals surface area contributed by atoms with Gasteiger partial charge in [-0.25, -0.2) is 0 Å². The quantitative estimate of drug-likeness (QED) is 0.689. The minimum Gasteiger partial charge on any atom is -0.476 e. The summed E-state index contributed by atoms with van der Waals surface area (Å²) in [5, 5.41) is 11.7. The van der Waals surface area contributed by atoms with Crippen molar-refractivity contribution in [3.8, 4) is 11.8 Å². The number of nitrogens with one attached hydrogen (secondary N) is 3. The Balaban J connectivity index is 1.55. The van der Waals surface area contributed by atoms with Gasteiger partial charge in [0.25, 0.3) is 0 Å². The van der Waals surface area contributed by atoms with Gasteiger partial charge in [-0.1, -0.05) is 0 Å². The molecule has 1 amide bonds. The van der Waals surface area contributed by atoms with E-state index in [9.17, 15) is 13.6 Å². The first-order valence-electron chi connectivity index (χ1n) is 7.57. The molecule has 0 spiro atoms. The predicted molar refractivity (Wildman–Crippen MR) is 81.8 cm³/mol. The van der Waals surface area contributed by atoms with Gasteiger partial charge >= 0.3 is 6.61 Å². The number of hydrogen-bond donors (Lipinski definition) is 3. The molecule has 134 valence electrons. The molecule has 1 fully saturated rings. The number of H-pyrrole nitrogens is 1. The molecule has 0 aliphatic carbocycles. The van der Waals surface area contributed by atoms with Crippen molar-refractivity contribution in [3.05, 3.63) is 18.5 Å². The highest BCUT2D eigenvalue weighted by Gasteiger charge is 2.19. The van der Waals surface area contributed by atoms with Crippen molar-refractivity contribution >= 4 is 17.5 Å². The van der Waals surface area contributed by atoms with Crippen molar-refractivity contribution in [3.63, 3.8) is 0 Å². The SMILES string of the molecule is O=C1CC(COc2cncc(Nc3cc(OC(F)F)n[nH]3)n2)CCN1. The van der Waals surface area contributed by atoms with Crippen LogP contribution < -0.4 is 20.1 Å². The fourth-order valence-electron chi connectivity index (χ4n) is 2.33. The van der Waals surface area contributed by atoms with Crippen molar-refractivity contribution in [2.45, 2.75) is 19.5 Å². The Morgan fingerprint density at radius 3 is 3.04 bits per heavy atom. The van der Waals surface area contributed by atoms with E-state index in [-0.39, 0.29) is 17.7 Å². The largest absolute Gasteiger partial charge is 0.476 e. The number of piperidine rings is 1. The number of aromatic nitrogens is 4. The lowest BCUT2D eigenvalue weighted by Gasteiger charge is -2.21. The molecule has 0 bridgehead atoms. The number of ether oxygens (including phenoxy) is 2. The van der Waals surface area contributed by atoms with E-state index in [1.54, 1.807) is 0 Å². The topological polar surface area (TPSA) is 114 Å².